The maximum Gasteiger partial charge on any atom is 0.0894 e. The van der Waals surface area contributed by atoms with E-state index >= 15 is 0 Å². The molecule has 0 spiro atoms. The van der Waals surface area contributed by atoms with Gasteiger partial charge >= 0.3 is 0 Å². The van der Waals surface area contributed by atoms with E-state index in [2.05, 4.69) is 48.0 Å². The predicted octanol–water partition coefficient (Wildman–Crippen LogP) is 2.34. The molecule has 0 bridgehead atoms. The summed E-state index contributed by atoms with van der Waals surface area (Å²) in [7, 11) is 0. The number of rotatable bonds is 3. The van der Waals surface area contributed by atoms with Crippen molar-refractivity contribution in [2.45, 2.75) is 32.0 Å². The minimum Gasteiger partial charge on any atom is -0.374 e. The van der Waals surface area contributed by atoms with Crippen LogP contribution in [0.5, 0.6) is 0 Å². The summed E-state index contributed by atoms with van der Waals surface area (Å²) in [5.74, 6) is 0. The van der Waals surface area contributed by atoms with E-state index in [4.69, 9.17) is 10.5 Å². The average Bonchev–Trinajstić information content (AvgIpc) is 2.53. The third kappa shape index (κ3) is 3.07. The Bertz CT molecular complexity index is 614. The average molecular weight is 285 g/mol. The molecule has 1 fully saturated rings. The zero-order chi connectivity index (χ0) is 14.8. The molecule has 2 aromatic rings. The van der Waals surface area contributed by atoms with Gasteiger partial charge in [-0.25, -0.2) is 0 Å². The van der Waals surface area contributed by atoms with Crippen LogP contribution in [0.25, 0.3) is 10.9 Å². The highest BCUT2D eigenvalue weighted by molar-refractivity contribution is 5.79. The lowest BCUT2D eigenvalue weighted by molar-refractivity contribution is -0.0502. The first-order valence-electron chi connectivity index (χ1n) is 7.61. The Kier molecular flexibility index (Phi) is 4.19. The highest BCUT2D eigenvalue weighted by Gasteiger charge is 2.28. The Balaban J connectivity index is 1.81. The number of ether oxygens (including phenoxy) is 1. The molecule has 4 nitrogen and oxygen atoms in total. The van der Waals surface area contributed by atoms with E-state index < -0.39 is 0 Å². The van der Waals surface area contributed by atoms with Crippen LogP contribution in [0.2, 0.25) is 0 Å². The molecule has 1 aliphatic rings. The van der Waals surface area contributed by atoms with Crippen LogP contribution in [0, 0.1) is 0 Å². The summed E-state index contributed by atoms with van der Waals surface area (Å²) in [6.07, 6.45) is 1.86. The molecule has 1 saturated heterocycles. The van der Waals surface area contributed by atoms with Crippen molar-refractivity contribution in [2.75, 3.05) is 19.7 Å². The SMILES string of the molecule is CC(C)N1CCOC(C(N)c2ccc3cccnc3c2)C1. The van der Waals surface area contributed by atoms with Crippen molar-refractivity contribution in [2.24, 2.45) is 5.73 Å². The molecule has 2 atom stereocenters. The van der Waals surface area contributed by atoms with Crippen molar-refractivity contribution in [1.29, 1.82) is 0 Å². The maximum atomic E-state index is 6.44. The van der Waals surface area contributed by atoms with Crippen molar-refractivity contribution >= 4 is 10.9 Å². The summed E-state index contributed by atoms with van der Waals surface area (Å²) < 4.78 is 5.90. The second-order valence-electron chi connectivity index (χ2n) is 5.98. The van der Waals surface area contributed by atoms with Gasteiger partial charge in [-0.2, -0.15) is 0 Å². The molecule has 1 aromatic heterocycles. The lowest BCUT2D eigenvalue weighted by Crippen LogP contribution is -2.49. The van der Waals surface area contributed by atoms with Gasteiger partial charge in [-0.15, -0.1) is 0 Å². The molecule has 2 heterocycles. The molecule has 112 valence electrons. The van der Waals surface area contributed by atoms with Gasteiger partial charge in [-0.3, -0.25) is 9.88 Å². The Morgan fingerprint density at radius 3 is 3.00 bits per heavy atom. The van der Waals surface area contributed by atoms with Crippen molar-refractivity contribution in [3.8, 4) is 0 Å². The lowest BCUT2D eigenvalue weighted by atomic mass is 9.99. The first-order valence-corrected chi connectivity index (χ1v) is 7.61. The van der Waals surface area contributed by atoms with Gasteiger partial charge in [0.2, 0.25) is 0 Å². The number of morpholine rings is 1. The maximum absolute atomic E-state index is 6.44. The van der Waals surface area contributed by atoms with Crippen LogP contribution >= 0.6 is 0 Å². The fourth-order valence-corrected chi connectivity index (χ4v) is 2.89. The van der Waals surface area contributed by atoms with E-state index in [9.17, 15) is 0 Å². The van der Waals surface area contributed by atoms with Crippen molar-refractivity contribution in [3.05, 3.63) is 42.1 Å². The van der Waals surface area contributed by atoms with Gasteiger partial charge in [-0.1, -0.05) is 18.2 Å². The minimum atomic E-state index is -0.113. The van der Waals surface area contributed by atoms with Gasteiger partial charge in [0.1, 0.15) is 0 Å². The number of nitrogens with two attached hydrogens (primary N) is 1. The molecule has 3 rings (SSSR count). The van der Waals surface area contributed by atoms with Crippen molar-refractivity contribution in [3.63, 3.8) is 0 Å². The van der Waals surface area contributed by atoms with Crippen LogP contribution in [0.15, 0.2) is 36.5 Å². The van der Waals surface area contributed by atoms with Crippen LogP contribution in [0.1, 0.15) is 25.5 Å². The summed E-state index contributed by atoms with van der Waals surface area (Å²) in [4.78, 5) is 6.83. The molecule has 0 radical (unpaired) electrons. The van der Waals surface area contributed by atoms with E-state index in [0.29, 0.717) is 6.04 Å². The Labute approximate surface area is 125 Å². The number of hydrogen-bond donors (Lipinski definition) is 1. The normalized spacial score (nSPS) is 21.8. The van der Waals surface area contributed by atoms with Gasteiger partial charge in [0.15, 0.2) is 0 Å². The Morgan fingerprint density at radius 1 is 1.33 bits per heavy atom. The second-order valence-corrected chi connectivity index (χ2v) is 5.98. The Hall–Kier alpha value is -1.49. The first-order chi connectivity index (χ1) is 10.1. The quantitative estimate of drug-likeness (QED) is 0.940. The largest absolute Gasteiger partial charge is 0.374 e. The van der Waals surface area contributed by atoms with Gasteiger partial charge in [0.25, 0.3) is 0 Å². The van der Waals surface area contributed by atoms with Crippen LogP contribution < -0.4 is 5.73 Å². The molecule has 2 N–H and O–H groups in total. The third-order valence-electron chi connectivity index (χ3n) is 4.27. The number of pyridine rings is 1. The number of nitrogens with zero attached hydrogens (tertiary/aromatic N) is 2. The molecule has 0 aliphatic carbocycles. The third-order valence-corrected chi connectivity index (χ3v) is 4.27. The molecule has 2 unspecified atom stereocenters. The zero-order valence-corrected chi connectivity index (χ0v) is 12.7. The molecular weight excluding hydrogens is 262 g/mol. The summed E-state index contributed by atoms with van der Waals surface area (Å²) in [5, 5.41) is 1.14. The summed E-state index contributed by atoms with van der Waals surface area (Å²) in [6.45, 7) is 7.06. The second kappa shape index (κ2) is 6.10. The van der Waals surface area contributed by atoms with Gasteiger partial charge in [0.05, 0.1) is 24.3 Å². The van der Waals surface area contributed by atoms with Gasteiger partial charge in [-0.05, 0) is 31.5 Å². The Morgan fingerprint density at radius 2 is 2.19 bits per heavy atom. The van der Waals surface area contributed by atoms with Crippen LogP contribution in [0.4, 0.5) is 0 Å². The van der Waals surface area contributed by atoms with Gasteiger partial charge in [0, 0.05) is 30.7 Å². The van der Waals surface area contributed by atoms with E-state index in [1.165, 1.54) is 0 Å². The summed E-state index contributed by atoms with van der Waals surface area (Å²) >= 11 is 0. The van der Waals surface area contributed by atoms with E-state index in [1.807, 2.05) is 12.3 Å². The van der Waals surface area contributed by atoms with Crippen molar-refractivity contribution in [1.82, 2.24) is 9.88 Å². The molecule has 4 heteroatoms. The molecule has 0 saturated carbocycles. The topological polar surface area (TPSA) is 51.4 Å². The van der Waals surface area contributed by atoms with E-state index in [0.717, 1.165) is 36.2 Å². The van der Waals surface area contributed by atoms with E-state index in [1.54, 1.807) is 0 Å². The molecule has 0 amide bonds. The fraction of sp³-hybridized carbons (Fsp3) is 0.471. The monoisotopic (exact) mass is 285 g/mol. The smallest absolute Gasteiger partial charge is 0.0894 e. The first kappa shape index (κ1) is 14.4. The lowest BCUT2D eigenvalue weighted by Gasteiger charge is -2.38. The van der Waals surface area contributed by atoms with Crippen LogP contribution in [0.3, 0.4) is 0 Å². The van der Waals surface area contributed by atoms with Gasteiger partial charge < -0.3 is 10.5 Å². The van der Waals surface area contributed by atoms with Crippen molar-refractivity contribution < 1.29 is 4.74 Å². The number of benzene rings is 1. The summed E-state index contributed by atoms with van der Waals surface area (Å²) in [6, 6.07) is 10.7. The zero-order valence-electron chi connectivity index (χ0n) is 12.7. The molecular formula is C17H23N3O. The minimum absolute atomic E-state index is 0.0438. The predicted molar refractivity (Wildman–Crippen MR) is 85.1 cm³/mol. The molecule has 1 aromatic carbocycles. The standard InChI is InChI=1S/C17H23N3O/c1-12(2)20-8-9-21-16(11-20)17(18)14-6-5-13-4-3-7-19-15(13)10-14/h3-7,10,12,16-17H,8-9,11,18H2,1-2H3. The highest BCUT2D eigenvalue weighted by Crippen LogP contribution is 2.23. The highest BCUT2D eigenvalue weighted by atomic mass is 16.5. The number of aromatic nitrogens is 1. The number of fused-ring (bicyclic) bond motifs is 1. The fourth-order valence-electron chi connectivity index (χ4n) is 2.89. The molecule has 1 aliphatic heterocycles. The summed E-state index contributed by atoms with van der Waals surface area (Å²) in [5.41, 5.74) is 8.53. The van der Waals surface area contributed by atoms with Crippen LogP contribution in [-0.4, -0.2) is 41.7 Å². The van der Waals surface area contributed by atoms with Crippen LogP contribution in [-0.2, 0) is 4.74 Å². The number of hydrogen-bond acceptors (Lipinski definition) is 4. The van der Waals surface area contributed by atoms with E-state index in [-0.39, 0.29) is 12.1 Å². The molecule has 21 heavy (non-hydrogen) atoms.